The van der Waals surface area contributed by atoms with Crippen molar-refractivity contribution in [3.8, 4) is 22.4 Å². The van der Waals surface area contributed by atoms with Crippen molar-refractivity contribution in [2.24, 2.45) is 0 Å². The molecule has 0 saturated carbocycles. The summed E-state index contributed by atoms with van der Waals surface area (Å²) in [4.78, 5) is 14.3. The molecule has 0 fully saturated rings. The second-order valence-electron chi connectivity index (χ2n) is 7.57. The highest BCUT2D eigenvalue weighted by Gasteiger charge is 2.26. The van der Waals surface area contributed by atoms with E-state index in [9.17, 15) is 9.50 Å². The van der Waals surface area contributed by atoms with Gasteiger partial charge in [-0.1, -0.05) is 37.7 Å². The number of pyridine rings is 1. The molecule has 1 N–H and O–H groups in total. The summed E-state index contributed by atoms with van der Waals surface area (Å²) >= 11 is 1.53. The summed E-state index contributed by atoms with van der Waals surface area (Å²) in [6, 6.07) is 6.51. The largest absolute Gasteiger partial charge is 0.392 e. The van der Waals surface area contributed by atoms with Gasteiger partial charge in [0.05, 0.1) is 18.0 Å². The Balaban J connectivity index is 2.05. The molecule has 4 rings (SSSR count). The first-order valence-corrected chi connectivity index (χ1v) is 11.1. The van der Waals surface area contributed by atoms with Gasteiger partial charge in [-0.25, -0.2) is 14.4 Å². The van der Waals surface area contributed by atoms with Gasteiger partial charge < -0.3 is 5.11 Å². The maximum Gasteiger partial charge on any atom is 0.187 e. The van der Waals surface area contributed by atoms with Crippen LogP contribution in [0.2, 0.25) is 0 Å². The van der Waals surface area contributed by atoms with Crippen LogP contribution in [0, 0.1) is 5.82 Å². The second-order valence-corrected chi connectivity index (χ2v) is 8.34. The van der Waals surface area contributed by atoms with Crippen LogP contribution in [0.4, 0.5) is 4.39 Å². The number of aliphatic hydroxyl groups is 1. The maximum absolute atomic E-state index is 13.6. The van der Waals surface area contributed by atoms with Gasteiger partial charge in [0.1, 0.15) is 5.82 Å². The molecule has 1 aliphatic rings. The molecule has 3 aromatic rings. The SMILES string of the molecule is CSc1ncc2c(n1)CCCc1c-2nc(C(C)C)c(CO)c1-c1ccc(F)cc1. The minimum absolute atomic E-state index is 0.102. The number of aryl methyl sites for hydroxylation is 1. The average molecular weight is 410 g/mol. The summed E-state index contributed by atoms with van der Waals surface area (Å²) in [5.74, 6) is -0.133. The topological polar surface area (TPSA) is 58.9 Å². The van der Waals surface area contributed by atoms with E-state index in [1.54, 1.807) is 12.1 Å². The summed E-state index contributed by atoms with van der Waals surface area (Å²) in [7, 11) is 0. The molecule has 0 radical (unpaired) electrons. The third-order valence-corrected chi connectivity index (χ3v) is 5.95. The lowest BCUT2D eigenvalue weighted by molar-refractivity contribution is 0.280. The normalized spacial score (nSPS) is 13.2. The van der Waals surface area contributed by atoms with Crippen LogP contribution in [0.1, 0.15) is 48.7 Å². The average Bonchev–Trinajstić information content (AvgIpc) is 2.91. The molecule has 0 unspecified atom stereocenters. The Labute approximate surface area is 174 Å². The van der Waals surface area contributed by atoms with Crippen molar-refractivity contribution in [3.05, 3.63) is 58.8 Å². The number of fused-ring (bicyclic) bond motifs is 3. The van der Waals surface area contributed by atoms with Gasteiger partial charge in [0.15, 0.2) is 5.16 Å². The van der Waals surface area contributed by atoms with E-state index in [1.165, 1.54) is 23.9 Å². The molecule has 1 aliphatic carbocycles. The maximum atomic E-state index is 13.6. The summed E-state index contributed by atoms with van der Waals surface area (Å²) < 4.78 is 13.6. The molecular formula is C23H24FN3OS. The van der Waals surface area contributed by atoms with Crippen LogP contribution < -0.4 is 0 Å². The fourth-order valence-electron chi connectivity index (χ4n) is 4.07. The predicted octanol–water partition coefficient (Wildman–Crippen LogP) is 5.17. The van der Waals surface area contributed by atoms with Gasteiger partial charge >= 0.3 is 0 Å². The molecular weight excluding hydrogens is 385 g/mol. The van der Waals surface area contributed by atoms with Crippen LogP contribution in [0.5, 0.6) is 0 Å². The number of benzene rings is 1. The molecule has 150 valence electrons. The Bertz CT molecular complexity index is 1050. The van der Waals surface area contributed by atoms with Gasteiger partial charge in [-0.15, -0.1) is 0 Å². The Morgan fingerprint density at radius 1 is 1.14 bits per heavy atom. The van der Waals surface area contributed by atoms with Crippen molar-refractivity contribution in [1.82, 2.24) is 15.0 Å². The van der Waals surface area contributed by atoms with Crippen LogP contribution in [0.15, 0.2) is 35.6 Å². The van der Waals surface area contributed by atoms with E-state index in [2.05, 4.69) is 18.8 Å². The van der Waals surface area contributed by atoms with Crippen molar-refractivity contribution in [3.63, 3.8) is 0 Å². The Hall–Kier alpha value is -2.31. The number of aliphatic hydroxyl groups excluding tert-OH is 1. The van der Waals surface area contributed by atoms with E-state index in [0.29, 0.717) is 0 Å². The summed E-state index contributed by atoms with van der Waals surface area (Å²) in [6.45, 7) is 4.05. The highest BCUT2D eigenvalue weighted by molar-refractivity contribution is 7.98. The molecule has 0 saturated heterocycles. The lowest BCUT2D eigenvalue weighted by Crippen LogP contribution is -2.09. The third-order valence-electron chi connectivity index (χ3n) is 5.39. The van der Waals surface area contributed by atoms with Gasteiger partial charge in [-0.05, 0) is 60.3 Å². The number of hydrogen-bond acceptors (Lipinski definition) is 5. The Morgan fingerprint density at radius 2 is 1.90 bits per heavy atom. The summed E-state index contributed by atoms with van der Waals surface area (Å²) in [6.07, 6.45) is 6.47. The molecule has 0 amide bonds. The zero-order valence-corrected chi connectivity index (χ0v) is 17.7. The summed E-state index contributed by atoms with van der Waals surface area (Å²) in [5, 5.41) is 11.0. The first-order valence-electron chi connectivity index (χ1n) is 9.86. The molecule has 0 aliphatic heterocycles. The van der Waals surface area contributed by atoms with E-state index in [1.807, 2.05) is 12.5 Å². The van der Waals surface area contributed by atoms with Gasteiger partial charge in [-0.3, -0.25) is 4.98 Å². The minimum atomic E-state index is -0.271. The van der Waals surface area contributed by atoms with Crippen LogP contribution in [0.3, 0.4) is 0 Å². The predicted molar refractivity (Wildman–Crippen MR) is 114 cm³/mol. The standard InChI is InChI=1S/C23H24FN3OS/c1-13(2)21-18(12-28)20(14-7-9-15(24)10-8-14)16-5-4-6-19-17(22(16)27-21)11-25-23(26-19)29-3/h7-11,13,28H,4-6,12H2,1-3H3. The number of nitrogens with zero attached hydrogens (tertiary/aromatic N) is 3. The van der Waals surface area contributed by atoms with Gasteiger partial charge in [0.25, 0.3) is 0 Å². The zero-order chi connectivity index (χ0) is 20.5. The van der Waals surface area contributed by atoms with Gasteiger partial charge in [0.2, 0.25) is 0 Å². The van der Waals surface area contributed by atoms with Crippen molar-refractivity contribution < 1.29 is 9.50 Å². The Morgan fingerprint density at radius 3 is 2.55 bits per heavy atom. The van der Waals surface area contributed by atoms with Crippen molar-refractivity contribution in [2.45, 2.75) is 50.8 Å². The first kappa shape index (κ1) is 20.0. The number of rotatable bonds is 4. The Kier molecular flexibility index (Phi) is 5.65. The highest BCUT2D eigenvalue weighted by atomic mass is 32.2. The van der Waals surface area contributed by atoms with Crippen molar-refractivity contribution in [2.75, 3.05) is 6.26 Å². The third kappa shape index (κ3) is 3.67. The van der Waals surface area contributed by atoms with Crippen LogP contribution in [0.25, 0.3) is 22.4 Å². The molecule has 2 aromatic heterocycles. The molecule has 29 heavy (non-hydrogen) atoms. The zero-order valence-electron chi connectivity index (χ0n) is 16.9. The number of thioether (sulfide) groups is 1. The quantitative estimate of drug-likeness (QED) is 0.476. The summed E-state index contributed by atoms with van der Waals surface area (Å²) in [5.41, 5.74) is 7.54. The number of hydrogen-bond donors (Lipinski definition) is 1. The van der Waals surface area contributed by atoms with Crippen LogP contribution in [-0.4, -0.2) is 26.3 Å². The smallest absolute Gasteiger partial charge is 0.187 e. The molecule has 0 atom stereocenters. The lowest BCUT2D eigenvalue weighted by Gasteiger charge is -2.22. The first-order chi connectivity index (χ1) is 14.0. The molecule has 4 nitrogen and oxygen atoms in total. The second kappa shape index (κ2) is 8.20. The molecule has 0 spiro atoms. The lowest BCUT2D eigenvalue weighted by atomic mass is 9.87. The molecule has 0 bridgehead atoms. The van der Waals surface area contributed by atoms with E-state index < -0.39 is 0 Å². The fourth-order valence-corrected chi connectivity index (χ4v) is 4.43. The molecule has 2 heterocycles. The van der Waals surface area contributed by atoms with E-state index in [-0.39, 0.29) is 18.3 Å². The van der Waals surface area contributed by atoms with E-state index >= 15 is 0 Å². The molecule has 6 heteroatoms. The number of aromatic nitrogens is 3. The van der Waals surface area contributed by atoms with Crippen molar-refractivity contribution in [1.29, 1.82) is 0 Å². The van der Waals surface area contributed by atoms with Crippen LogP contribution >= 0.6 is 11.8 Å². The van der Waals surface area contributed by atoms with Gasteiger partial charge in [-0.2, -0.15) is 0 Å². The minimum Gasteiger partial charge on any atom is -0.392 e. The van der Waals surface area contributed by atoms with Crippen LogP contribution in [-0.2, 0) is 19.4 Å². The fraction of sp³-hybridized carbons (Fsp3) is 0.348. The van der Waals surface area contributed by atoms with Crippen molar-refractivity contribution >= 4 is 11.8 Å². The van der Waals surface area contributed by atoms with E-state index in [0.717, 1.165) is 69.3 Å². The highest BCUT2D eigenvalue weighted by Crippen LogP contribution is 2.41. The monoisotopic (exact) mass is 409 g/mol. The van der Waals surface area contributed by atoms with Gasteiger partial charge in [0, 0.05) is 23.0 Å². The van der Waals surface area contributed by atoms with E-state index in [4.69, 9.17) is 9.97 Å². The molecule has 1 aromatic carbocycles. The number of halogens is 1.